The van der Waals surface area contributed by atoms with E-state index < -0.39 is 0 Å². The summed E-state index contributed by atoms with van der Waals surface area (Å²) >= 11 is 0. The summed E-state index contributed by atoms with van der Waals surface area (Å²) in [5.41, 5.74) is 28.2. The molecule has 121 heavy (non-hydrogen) atoms. The molecule has 0 amide bonds. The topological polar surface area (TPSA) is 210 Å². The van der Waals surface area contributed by atoms with Gasteiger partial charge in [0.15, 0.2) is 0 Å². The van der Waals surface area contributed by atoms with Crippen molar-refractivity contribution in [3.8, 4) is 124 Å². The van der Waals surface area contributed by atoms with Crippen molar-refractivity contribution in [1.82, 2.24) is 80.4 Å². The largest absolute Gasteiger partial charge is 0.573 e. The third-order valence-electron chi connectivity index (χ3n) is 19.2. The second-order valence-electron chi connectivity index (χ2n) is 30.5. The molecule has 0 aliphatic carbocycles. The SMILES string of the molecule is CC(C)(C)c1cc(-c2ccccn2)[n-]n1.CC(C)(C)c1n[n-]c(-c2ccccn2)n1.CCc1cccc(CC)c1-c1cc(-c2[c-]cccc2)ncn1.Cc1cccc(-c2ccccc2)c1-c1cc(-c2[c-]cccc2)ncn1.Cc1cccc(CCC(C)C)c1-c1cc(-c2[c-]cccc2)ncn1.[Ir].[Ir].[Ir].c1ccc(-c2cc(-c3ccccn3)[n-]n2)cc1. The van der Waals surface area contributed by atoms with Gasteiger partial charge in [-0.3, -0.25) is 35.0 Å². The Labute approximate surface area is 752 Å². The Bertz CT molecular complexity index is 5760. The van der Waals surface area contributed by atoms with Crippen molar-refractivity contribution in [1.29, 1.82) is 0 Å². The van der Waals surface area contributed by atoms with Crippen molar-refractivity contribution >= 4 is 0 Å². The van der Waals surface area contributed by atoms with Crippen molar-refractivity contribution in [2.45, 2.75) is 120 Å². The maximum atomic E-state index is 4.56. The van der Waals surface area contributed by atoms with Gasteiger partial charge in [-0.2, -0.15) is 0 Å². The minimum absolute atomic E-state index is 0. The summed E-state index contributed by atoms with van der Waals surface area (Å²) in [5, 5.41) is 24.7. The molecule has 0 atom stereocenters. The monoisotopic (exact) mass is 2120 g/mol. The van der Waals surface area contributed by atoms with E-state index in [1.54, 1.807) is 37.6 Å². The number of aromatic nitrogens is 16. The van der Waals surface area contributed by atoms with Crippen LogP contribution in [0.15, 0.2) is 311 Å². The molecule has 0 bridgehead atoms. The van der Waals surface area contributed by atoms with E-state index in [1.807, 2.05) is 182 Å². The van der Waals surface area contributed by atoms with E-state index in [4.69, 9.17) is 0 Å². The Hall–Kier alpha value is -12.0. The first-order chi connectivity index (χ1) is 57.4. The fourth-order valence-corrected chi connectivity index (χ4v) is 12.9. The standard InChI is InChI=1S/C23H17N2.C22H23N2.C20H19N2.C14H10N3.C12H14N3.C11H13N4.3Ir/c1-17-9-8-14-20(18-10-4-2-5-11-18)23(17)22-15-21(24-16-25-22)19-12-6-3-7-13-19;1-16(2)12-13-19-11-7-8-17(3)22(19)21-14-20(23-15-24-21)18-9-5-4-6-10-18;1-3-15-11-8-12-16(4-2)20(15)19-13-18(21-14-22-19)17-9-6-5-7-10-17;1-2-6-11(7-3-1)13-10-14(17-16-13)12-8-4-5-9-15-12;1-12(2,3)11-8-10(14-15-11)9-6-4-5-7-13-9;1-11(2,3)10-13-9(14-15-10)8-6-4-5-7-12-8;;;/h2-12,14-16H,1H3;4-9,11,14-16H,12-13H2,1-3H3;5-9,11-14H,3-4H2,1-2H3;1-10H;4-8H,1-3H3;4-7H,1-3H3;;;/q6*-1;;;. The summed E-state index contributed by atoms with van der Waals surface area (Å²) < 4.78 is 0. The molecule has 19 heteroatoms. The molecule has 0 aliphatic rings. The average Bonchev–Trinajstić information content (AvgIpc) is 1.80. The summed E-state index contributed by atoms with van der Waals surface area (Å²) in [5.74, 6) is 2.04. The quantitative estimate of drug-likeness (QED) is 0.0824. The predicted molar refractivity (Wildman–Crippen MR) is 475 cm³/mol. The van der Waals surface area contributed by atoms with Gasteiger partial charge >= 0.3 is 0 Å². The zero-order chi connectivity index (χ0) is 82.6. The van der Waals surface area contributed by atoms with Gasteiger partial charge in [0.05, 0.1) is 22.8 Å². The minimum atomic E-state index is -0.0694. The molecule has 16 nitrogen and oxygen atoms in total. The Morgan fingerprint density at radius 2 is 0.760 bits per heavy atom. The van der Waals surface area contributed by atoms with Crippen molar-refractivity contribution in [3.05, 3.63) is 368 Å². The molecule has 17 aromatic rings. The van der Waals surface area contributed by atoms with Gasteiger partial charge in [-0.05, 0) is 155 Å². The van der Waals surface area contributed by atoms with Crippen LogP contribution in [0.25, 0.3) is 124 Å². The van der Waals surface area contributed by atoms with Crippen molar-refractivity contribution < 1.29 is 60.3 Å². The van der Waals surface area contributed by atoms with Crippen LogP contribution in [-0.4, -0.2) is 65.1 Å². The van der Waals surface area contributed by atoms with Crippen LogP contribution in [0.5, 0.6) is 0 Å². The van der Waals surface area contributed by atoms with Crippen LogP contribution in [0, 0.1) is 38.0 Å². The van der Waals surface area contributed by atoms with Gasteiger partial charge < -0.3 is 30.5 Å². The molecular formula is C102H96Ir3N16-6. The molecular weight excluding hydrogens is 2030 g/mol. The van der Waals surface area contributed by atoms with Crippen LogP contribution in [0.3, 0.4) is 0 Å². The van der Waals surface area contributed by atoms with Gasteiger partial charge in [0.1, 0.15) is 19.0 Å². The smallest absolute Gasteiger partial charge is 0.106 e. The Morgan fingerprint density at radius 1 is 0.339 bits per heavy atom. The van der Waals surface area contributed by atoms with Crippen molar-refractivity contribution in [2.24, 2.45) is 5.92 Å². The summed E-state index contributed by atoms with van der Waals surface area (Å²) in [4.78, 5) is 43.9. The molecule has 0 fully saturated rings. The Kier molecular flexibility index (Phi) is 35.2. The normalized spacial score (nSPS) is 10.7. The van der Waals surface area contributed by atoms with E-state index in [2.05, 4.69) is 273 Å². The van der Waals surface area contributed by atoms with E-state index in [9.17, 15) is 0 Å². The first-order valence-corrected chi connectivity index (χ1v) is 39.8. The molecule has 617 valence electrons. The van der Waals surface area contributed by atoms with E-state index in [0.717, 1.165) is 127 Å². The van der Waals surface area contributed by atoms with Crippen LogP contribution in [0.1, 0.15) is 115 Å². The second-order valence-corrected chi connectivity index (χ2v) is 30.5. The molecule has 9 aromatic heterocycles. The average molecular weight is 2120 g/mol. The van der Waals surface area contributed by atoms with E-state index in [0.29, 0.717) is 11.7 Å². The van der Waals surface area contributed by atoms with Gasteiger partial charge in [-0.15, -0.1) is 108 Å². The number of hydrogen-bond donors (Lipinski definition) is 0. The van der Waals surface area contributed by atoms with Gasteiger partial charge in [-0.25, -0.2) is 15.0 Å². The zero-order valence-corrected chi connectivity index (χ0v) is 77.2. The van der Waals surface area contributed by atoms with E-state index in [-0.39, 0.29) is 71.1 Å². The maximum Gasteiger partial charge on any atom is 0.106 e. The number of nitrogens with zero attached hydrogens (tertiary/aromatic N) is 16. The third kappa shape index (κ3) is 26.0. The van der Waals surface area contributed by atoms with E-state index >= 15 is 0 Å². The van der Waals surface area contributed by atoms with Crippen LogP contribution in [0.2, 0.25) is 0 Å². The Balaban J connectivity index is 0.000000166. The summed E-state index contributed by atoms with van der Waals surface area (Å²) in [6.45, 7) is 25.7. The number of pyridine rings is 3. The fourth-order valence-electron chi connectivity index (χ4n) is 12.9. The molecule has 3 radical (unpaired) electrons. The van der Waals surface area contributed by atoms with Crippen molar-refractivity contribution in [2.75, 3.05) is 0 Å². The first kappa shape index (κ1) is 92.8. The predicted octanol–water partition coefficient (Wildman–Crippen LogP) is 22.8. The maximum absolute atomic E-state index is 4.56. The third-order valence-corrected chi connectivity index (χ3v) is 19.2. The molecule has 0 N–H and O–H groups in total. The van der Waals surface area contributed by atoms with Gasteiger partial charge in [-0.1, -0.05) is 238 Å². The summed E-state index contributed by atoms with van der Waals surface area (Å²) in [7, 11) is 0. The molecule has 0 spiro atoms. The van der Waals surface area contributed by atoms with Gasteiger partial charge in [0.2, 0.25) is 0 Å². The van der Waals surface area contributed by atoms with Gasteiger partial charge in [0, 0.05) is 135 Å². The fraction of sp³-hybridized carbons (Fsp3) is 0.186. The molecule has 0 saturated heterocycles. The van der Waals surface area contributed by atoms with Crippen LogP contribution >= 0.6 is 0 Å². The molecule has 0 unspecified atom stereocenters. The molecule has 17 rings (SSSR count). The zero-order valence-electron chi connectivity index (χ0n) is 70.0. The number of benzene rings is 8. The number of aryl methyl sites for hydroxylation is 5. The minimum Gasteiger partial charge on any atom is -0.573 e. The molecule has 8 aromatic carbocycles. The molecule has 9 heterocycles. The molecule has 0 aliphatic heterocycles. The summed E-state index contributed by atoms with van der Waals surface area (Å²) in [6.07, 6.45) is 14.4. The first-order valence-electron chi connectivity index (χ1n) is 39.8. The second kappa shape index (κ2) is 45.9. The number of rotatable bonds is 16. The van der Waals surface area contributed by atoms with Crippen LogP contribution in [-0.2, 0) is 90.4 Å². The molecule has 0 saturated carbocycles. The van der Waals surface area contributed by atoms with Gasteiger partial charge in [0.25, 0.3) is 0 Å². The number of hydrogen-bond acceptors (Lipinski definition) is 13. The summed E-state index contributed by atoms with van der Waals surface area (Å²) in [6, 6.07) is 101. The van der Waals surface area contributed by atoms with Crippen molar-refractivity contribution in [3.63, 3.8) is 0 Å². The van der Waals surface area contributed by atoms with Crippen LogP contribution < -0.4 is 15.3 Å². The van der Waals surface area contributed by atoms with E-state index in [1.165, 1.54) is 56.5 Å². The Morgan fingerprint density at radius 3 is 1.21 bits per heavy atom. The van der Waals surface area contributed by atoms with Crippen LogP contribution in [0.4, 0.5) is 0 Å².